The molecule has 1 aliphatic rings. The number of rotatable bonds is 5. The number of carbonyl (C=O) groups is 1. The summed E-state index contributed by atoms with van der Waals surface area (Å²) >= 11 is 0. The molecule has 1 fully saturated rings. The number of carboxylic acids is 1. The van der Waals surface area contributed by atoms with E-state index in [1.165, 1.54) is 37.8 Å². The molecule has 0 aliphatic carbocycles. The third kappa shape index (κ3) is 7.95. The second kappa shape index (κ2) is 10.4. The molecule has 1 atom stereocenters. The van der Waals surface area contributed by atoms with Crippen LogP contribution < -0.4 is 5.32 Å². The Morgan fingerprint density at radius 1 is 1.30 bits per heavy atom. The molecule has 1 aromatic carbocycles. The molecule has 2 N–H and O–H groups in total. The molecule has 0 radical (unpaired) electrons. The molecule has 1 heterocycles. The Bertz CT molecular complexity index is 359. The van der Waals surface area contributed by atoms with E-state index < -0.39 is 5.97 Å². The van der Waals surface area contributed by atoms with Crippen LogP contribution in [0.25, 0.3) is 0 Å². The van der Waals surface area contributed by atoms with Gasteiger partial charge in [0.2, 0.25) is 0 Å². The number of hydrogen-bond acceptors (Lipinski definition) is 2. The predicted molar refractivity (Wildman–Crippen MR) is 82.9 cm³/mol. The van der Waals surface area contributed by atoms with Gasteiger partial charge in [0.05, 0.1) is 0 Å². The summed E-state index contributed by atoms with van der Waals surface area (Å²) in [6, 6.07) is 11.5. The molecule has 2 rings (SSSR count). The second-order valence-electron chi connectivity index (χ2n) is 5.33. The molecule has 0 saturated carbocycles. The average Bonchev–Trinajstić information content (AvgIpc) is 2.48. The quantitative estimate of drug-likeness (QED) is 0.864. The Balaban J connectivity index is 0.000000246. The zero-order valence-corrected chi connectivity index (χ0v) is 12.5. The summed E-state index contributed by atoms with van der Waals surface area (Å²) in [6.07, 6.45) is 7.36. The first-order chi connectivity index (χ1) is 9.72. The van der Waals surface area contributed by atoms with Gasteiger partial charge in [-0.05, 0) is 37.8 Å². The average molecular weight is 277 g/mol. The van der Waals surface area contributed by atoms with Crippen molar-refractivity contribution in [3.05, 3.63) is 35.9 Å². The van der Waals surface area contributed by atoms with Crippen molar-refractivity contribution in [2.75, 3.05) is 6.54 Å². The minimum absolute atomic E-state index is 0.316. The van der Waals surface area contributed by atoms with Gasteiger partial charge < -0.3 is 10.4 Å². The maximum atomic E-state index is 9.76. The smallest absolute Gasteiger partial charge is 0.303 e. The van der Waals surface area contributed by atoms with Crippen LogP contribution in [0.15, 0.2) is 30.3 Å². The maximum absolute atomic E-state index is 9.76. The summed E-state index contributed by atoms with van der Waals surface area (Å²) in [4.78, 5) is 9.76. The Morgan fingerprint density at radius 3 is 2.55 bits per heavy atom. The summed E-state index contributed by atoms with van der Waals surface area (Å²) in [5.41, 5.74) is 1.46. The van der Waals surface area contributed by atoms with Gasteiger partial charge in [-0.2, -0.15) is 0 Å². The first kappa shape index (κ1) is 16.7. The van der Waals surface area contributed by atoms with Crippen LogP contribution >= 0.6 is 0 Å². The van der Waals surface area contributed by atoms with Crippen LogP contribution in [0.5, 0.6) is 0 Å². The largest absolute Gasteiger partial charge is 0.481 e. The number of benzene rings is 1. The summed E-state index contributed by atoms with van der Waals surface area (Å²) in [6.45, 7) is 3.18. The third-order valence-electron chi connectivity index (χ3n) is 3.48. The van der Waals surface area contributed by atoms with Crippen molar-refractivity contribution in [2.24, 2.45) is 0 Å². The van der Waals surface area contributed by atoms with E-state index in [4.69, 9.17) is 5.11 Å². The molecule has 3 nitrogen and oxygen atoms in total. The zero-order valence-electron chi connectivity index (χ0n) is 12.5. The van der Waals surface area contributed by atoms with Crippen LogP contribution in [0, 0.1) is 0 Å². The fraction of sp³-hybridized carbons (Fsp3) is 0.588. The van der Waals surface area contributed by atoms with Crippen molar-refractivity contribution in [1.29, 1.82) is 0 Å². The lowest BCUT2D eigenvalue weighted by atomic mass is 9.98. The lowest BCUT2D eigenvalue weighted by Crippen LogP contribution is -2.35. The molecular weight excluding hydrogens is 250 g/mol. The Hall–Kier alpha value is -1.35. The van der Waals surface area contributed by atoms with E-state index in [0.717, 1.165) is 18.9 Å². The Kier molecular flexibility index (Phi) is 8.72. The van der Waals surface area contributed by atoms with Crippen molar-refractivity contribution in [3.63, 3.8) is 0 Å². The van der Waals surface area contributed by atoms with Gasteiger partial charge in [0.25, 0.3) is 0 Å². The fourth-order valence-electron chi connectivity index (χ4n) is 2.32. The van der Waals surface area contributed by atoms with Crippen molar-refractivity contribution in [2.45, 2.75) is 57.9 Å². The van der Waals surface area contributed by atoms with Gasteiger partial charge in [0, 0.05) is 12.5 Å². The zero-order chi connectivity index (χ0) is 14.6. The number of piperidine rings is 1. The number of nitrogens with one attached hydrogen (secondary N) is 1. The monoisotopic (exact) mass is 277 g/mol. The normalized spacial score (nSPS) is 17.9. The number of carboxylic acid groups (broad SMARTS) is 1. The first-order valence-corrected chi connectivity index (χ1v) is 7.71. The SMILES string of the molecule is CCCCC(=O)O.c1ccc(CC2CCCCN2)cc1. The highest BCUT2D eigenvalue weighted by atomic mass is 16.4. The molecular formula is C17H27NO2. The molecule has 1 saturated heterocycles. The summed E-state index contributed by atoms with van der Waals surface area (Å²) < 4.78 is 0. The molecule has 20 heavy (non-hydrogen) atoms. The first-order valence-electron chi connectivity index (χ1n) is 7.71. The highest BCUT2D eigenvalue weighted by Gasteiger charge is 2.12. The number of aliphatic carboxylic acids is 1. The van der Waals surface area contributed by atoms with Crippen LogP contribution in [0.1, 0.15) is 51.0 Å². The maximum Gasteiger partial charge on any atom is 0.303 e. The molecule has 3 heteroatoms. The number of unbranched alkanes of at least 4 members (excludes halogenated alkanes) is 1. The summed E-state index contributed by atoms with van der Waals surface area (Å²) in [5, 5.41) is 11.6. The van der Waals surface area contributed by atoms with Gasteiger partial charge in [-0.3, -0.25) is 4.79 Å². The lowest BCUT2D eigenvalue weighted by molar-refractivity contribution is -0.137. The minimum Gasteiger partial charge on any atom is -0.481 e. The van der Waals surface area contributed by atoms with E-state index in [2.05, 4.69) is 35.6 Å². The standard InChI is InChI=1S/C12H17N.C5H10O2/c1-2-6-11(7-3-1)10-12-8-4-5-9-13-12;1-2-3-4-5(6)7/h1-3,6-7,12-13H,4-5,8-10H2;2-4H2,1H3,(H,6,7). The van der Waals surface area contributed by atoms with E-state index in [-0.39, 0.29) is 0 Å². The van der Waals surface area contributed by atoms with Gasteiger partial charge in [-0.25, -0.2) is 0 Å². The van der Waals surface area contributed by atoms with Crippen molar-refractivity contribution >= 4 is 5.97 Å². The van der Waals surface area contributed by atoms with Gasteiger partial charge in [0.15, 0.2) is 0 Å². The van der Waals surface area contributed by atoms with Crippen molar-refractivity contribution in [1.82, 2.24) is 5.32 Å². The molecule has 0 spiro atoms. The van der Waals surface area contributed by atoms with Crippen molar-refractivity contribution in [3.8, 4) is 0 Å². The van der Waals surface area contributed by atoms with E-state index in [1.54, 1.807) is 0 Å². The van der Waals surface area contributed by atoms with Crippen LogP contribution in [0.3, 0.4) is 0 Å². The molecule has 0 aromatic heterocycles. The molecule has 0 bridgehead atoms. The van der Waals surface area contributed by atoms with Crippen molar-refractivity contribution < 1.29 is 9.90 Å². The fourth-order valence-corrected chi connectivity index (χ4v) is 2.32. The number of hydrogen-bond donors (Lipinski definition) is 2. The minimum atomic E-state index is -0.693. The Labute approximate surface area is 122 Å². The third-order valence-corrected chi connectivity index (χ3v) is 3.48. The van der Waals surface area contributed by atoms with E-state index in [0.29, 0.717) is 6.42 Å². The summed E-state index contributed by atoms with van der Waals surface area (Å²) in [5.74, 6) is -0.693. The van der Waals surface area contributed by atoms with Crippen LogP contribution in [-0.2, 0) is 11.2 Å². The van der Waals surface area contributed by atoms with Crippen LogP contribution in [0.4, 0.5) is 0 Å². The second-order valence-corrected chi connectivity index (χ2v) is 5.33. The van der Waals surface area contributed by atoms with Gasteiger partial charge in [0.1, 0.15) is 0 Å². The van der Waals surface area contributed by atoms with Crippen LogP contribution in [0.2, 0.25) is 0 Å². The van der Waals surface area contributed by atoms with E-state index in [1.807, 2.05) is 6.92 Å². The van der Waals surface area contributed by atoms with Crippen LogP contribution in [-0.4, -0.2) is 23.7 Å². The van der Waals surface area contributed by atoms with Gasteiger partial charge in [-0.1, -0.05) is 50.1 Å². The highest BCUT2D eigenvalue weighted by Crippen LogP contribution is 2.12. The molecule has 1 aromatic rings. The van der Waals surface area contributed by atoms with Gasteiger partial charge in [-0.15, -0.1) is 0 Å². The lowest BCUT2D eigenvalue weighted by Gasteiger charge is -2.23. The molecule has 0 amide bonds. The molecule has 1 aliphatic heterocycles. The van der Waals surface area contributed by atoms with E-state index in [9.17, 15) is 4.79 Å². The van der Waals surface area contributed by atoms with Gasteiger partial charge >= 0.3 is 5.97 Å². The van der Waals surface area contributed by atoms with E-state index >= 15 is 0 Å². The predicted octanol–water partition coefficient (Wildman–Crippen LogP) is 3.63. The highest BCUT2D eigenvalue weighted by molar-refractivity contribution is 5.66. The molecule has 112 valence electrons. The molecule has 1 unspecified atom stereocenters. The topological polar surface area (TPSA) is 49.3 Å². The summed E-state index contributed by atoms with van der Waals surface area (Å²) in [7, 11) is 0. The Morgan fingerprint density at radius 2 is 2.05 bits per heavy atom.